The fraction of sp³-hybridized carbons (Fsp3) is 0.526. The Balaban J connectivity index is 1.85. The number of fused-ring (bicyclic) bond motifs is 2. The number of likely N-dealkylation sites (tertiary alicyclic amines) is 1. The predicted molar refractivity (Wildman–Crippen MR) is 91.0 cm³/mol. The molecule has 0 amide bonds. The van der Waals surface area contributed by atoms with E-state index in [9.17, 15) is 9.90 Å². The summed E-state index contributed by atoms with van der Waals surface area (Å²) in [7, 11) is 0. The molecule has 23 heavy (non-hydrogen) atoms. The lowest BCUT2D eigenvalue weighted by molar-refractivity contribution is 0.0571. The van der Waals surface area contributed by atoms with Crippen LogP contribution in [-0.2, 0) is 6.42 Å². The van der Waals surface area contributed by atoms with E-state index in [1.807, 2.05) is 0 Å². The minimum absolute atomic E-state index is 0.263. The van der Waals surface area contributed by atoms with Crippen LogP contribution in [0.25, 0.3) is 10.9 Å². The number of H-pyrrole nitrogens is 1. The molecule has 2 N–H and O–H groups in total. The van der Waals surface area contributed by atoms with Crippen LogP contribution in [0.5, 0.6) is 0 Å². The lowest BCUT2D eigenvalue weighted by Gasteiger charge is -2.47. The average Bonchev–Trinajstić information content (AvgIpc) is 2.95. The number of carbonyl (C=O) groups excluding carboxylic acids is 1. The predicted octanol–water partition coefficient (Wildman–Crippen LogP) is 2.71. The van der Waals surface area contributed by atoms with Crippen LogP contribution in [0.1, 0.15) is 47.3 Å². The van der Waals surface area contributed by atoms with E-state index in [1.54, 1.807) is 0 Å². The summed E-state index contributed by atoms with van der Waals surface area (Å²) in [6.07, 6.45) is 4.06. The molecule has 0 saturated carbocycles. The third-order valence-corrected chi connectivity index (χ3v) is 5.71. The Morgan fingerprint density at radius 2 is 2.30 bits per heavy atom. The molecule has 0 spiro atoms. The van der Waals surface area contributed by atoms with Crippen LogP contribution >= 0.6 is 0 Å². The van der Waals surface area contributed by atoms with Crippen molar-refractivity contribution in [2.45, 2.75) is 38.1 Å². The summed E-state index contributed by atoms with van der Waals surface area (Å²) >= 11 is 0. The van der Waals surface area contributed by atoms with Gasteiger partial charge >= 0.3 is 0 Å². The zero-order valence-corrected chi connectivity index (χ0v) is 13.6. The van der Waals surface area contributed by atoms with E-state index in [1.165, 1.54) is 16.5 Å². The molecule has 2 aliphatic rings. The smallest absolute Gasteiger partial charge is 0.166 e. The summed E-state index contributed by atoms with van der Waals surface area (Å²) in [5.74, 6) is 0.808. The van der Waals surface area contributed by atoms with Gasteiger partial charge in [0.15, 0.2) is 6.29 Å². The van der Waals surface area contributed by atoms with Crippen molar-refractivity contribution in [3.63, 3.8) is 0 Å². The number of aromatic nitrogens is 1. The van der Waals surface area contributed by atoms with Gasteiger partial charge in [-0.2, -0.15) is 0 Å². The van der Waals surface area contributed by atoms with Crippen LogP contribution in [-0.4, -0.2) is 47.0 Å². The first-order chi connectivity index (χ1) is 11.3. The largest absolute Gasteiger partial charge is 0.396 e. The first kappa shape index (κ1) is 14.9. The Kier molecular flexibility index (Phi) is 3.74. The van der Waals surface area contributed by atoms with Crippen LogP contribution in [0.4, 0.5) is 0 Å². The van der Waals surface area contributed by atoms with Crippen molar-refractivity contribution in [2.75, 3.05) is 19.7 Å². The maximum absolute atomic E-state index is 11.5. The van der Waals surface area contributed by atoms with Gasteiger partial charge in [0.05, 0.1) is 5.69 Å². The maximum atomic E-state index is 11.5. The van der Waals surface area contributed by atoms with E-state index < -0.39 is 0 Å². The van der Waals surface area contributed by atoms with Crippen molar-refractivity contribution in [2.24, 2.45) is 5.92 Å². The summed E-state index contributed by atoms with van der Waals surface area (Å²) in [6.45, 7) is 4.50. The van der Waals surface area contributed by atoms with E-state index in [4.69, 9.17) is 0 Å². The molecule has 1 aromatic heterocycles. The number of nitrogens with zero attached hydrogens (tertiary/aromatic N) is 1. The summed E-state index contributed by atoms with van der Waals surface area (Å²) in [6, 6.07) is 6.81. The van der Waals surface area contributed by atoms with Crippen LogP contribution < -0.4 is 0 Å². The molecule has 2 heterocycles. The molecule has 1 aliphatic carbocycles. The third kappa shape index (κ3) is 2.24. The Bertz CT molecular complexity index is 736. The van der Waals surface area contributed by atoms with Gasteiger partial charge in [0.1, 0.15) is 0 Å². The molecule has 1 aromatic carbocycles. The summed E-state index contributed by atoms with van der Waals surface area (Å²) in [5.41, 5.74) is 4.37. The van der Waals surface area contributed by atoms with Crippen LogP contribution in [0.15, 0.2) is 18.2 Å². The molecule has 1 fully saturated rings. The molecule has 4 heteroatoms. The molecule has 2 aromatic rings. The van der Waals surface area contributed by atoms with Gasteiger partial charge in [0.25, 0.3) is 0 Å². The third-order valence-electron chi connectivity index (χ3n) is 5.71. The summed E-state index contributed by atoms with van der Waals surface area (Å²) in [5, 5.41) is 11.0. The van der Waals surface area contributed by atoms with Crippen molar-refractivity contribution in [1.82, 2.24) is 9.88 Å². The minimum atomic E-state index is 0.263. The number of hydrogen-bond donors (Lipinski definition) is 2. The molecule has 4 rings (SSSR count). The van der Waals surface area contributed by atoms with Crippen molar-refractivity contribution < 1.29 is 9.90 Å². The van der Waals surface area contributed by atoms with E-state index >= 15 is 0 Å². The minimum Gasteiger partial charge on any atom is -0.396 e. The highest BCUT2D eigenvalue weighted by Gasteiger charge is 2.40. The van der Waals surface area contributed by atoms with E-state index in [2.05, 4.69) is 35.0 Å². The molecule has 1 saturated heterocycles. The molecule has 122 valence electrons. The quantitative estimate of drug-likeness (QED) is 0.854. The second kappa shape index (κ2) is 5.77. The summed E-state index contributed by atoms with van der Waals surface area (Å²) in [4.78, 5) is 17.3. The number of aliphatic hydroxyl groups is 1. The zero-order valence-electron chi connectivity index (χ0n) is 13.6. The van der Waals surface area contributed by atoms with Crippen molar-refractivity contribution in [1.29, 1.82) is 0 Å². The first-order valence-corrected chi connectivity index (χ1v) is 8.70. The number of aliphatic hydroxyl groups excluding tert-OH is 1. The van der Waals surface area contributed by atoms with Crippen molar-refractivity contribution in [3.05, 3.63) is 35.0 Å². The molecule has 0 radical (unpaired) electrons. The normalized spacial score (nSPS) is 27.1. The van der Waals surface area contributed by atoms with E-state index in [-0.39, 0.29) is 6.61 Å². The molecule has 0 bridgehead atoms. The van der Waals surface area contributed by atoms with Gasteiger partial charge in [-0.05, 0) is 48.9 Å². The highest BCUT2D eigenvalue weighted by atomic mass is 16.3. The standard InChI is InChI=1S/C19H24N2O2/c1-2-6-21-9-12(10-22)7-14-13-4-3-5-16-19(13)15(8-18(14)21)17(11-23)20-16/h3-5,11-12,14,18,20,22H,2,6-10H2,1H3/t12?,14-,18-/m1/s1. The first-order valence-electron chi connectivity index (χ1n) is 8.70. The van der Waals surface area contributed by atoms with Crippen LogP contribution in [0, 0.1) is 5.92 Å². The van der Waals surface area contributed by atoms with Gasteiger partial charge < -0.3 is 10.1 Å². The van der Waals surface area contributed by atoms with Crippen LogP contribution in [0.3, 0.4) is 0 Å². The SMILES string of the molecule is CCCN1CC(CO)C[C@@H]2c3cccc4[nH]c(C=O)c(c34)C[C@H]21. The lowest BCUT2D eigenvalue weighted by Crippen LogP contribution is -2.50. The number of benzene rings is 1. The topological polar surface area (TPSA) is 56.3 Å². The average molecular weight is 312 g/mol. The van der Waals surface area contributed by atoms with Crippen LogP contribution in [0.2, 0.25) is 0 Å². The fourth-order valence-corrected chi connectivity index (χ4v) is 4.79. The Hall–Kier alpha value is -1.65. The highest BCUT2D eigenvalue weighted by Crippen LogP contribution is 2.45. The van der Waals surface area contributed by atoms with Crippen molar-refractivity contribution in [3.8, 4) is 0 Å². The van der Waals surface area contributed by atoms with Gasteiger partial charge in [-0.25, -0.2) is 0 Å². The summed E-state index contributed by atoms with van der Waals surface area (Å²) < 4.78 is 0. The molecular formula is C19H24N2O2. The Labute approximate surface area is 136 Å². The van der Waals surface area contributed by atoms with Crippen molar-refractivity contribution >= 4 is 17.2 Å². The number of hydrogen-bond acceptors (Lipinski definition) is 3. The second-order valence-electron chi connectivity index (χ2n) is 7.06. The van der Waals surface area contributed by atoms with E-state index in [0.717, 1.165) is 49.8 Å². The Morgan fingerprint density at radius 3 is 3.04 bits per heavy atom. The Morgan fingerprint density at radius 1 is 1.43 bits per heavy atom. The molecule has 3 atom stereocenters. The maximum Gasteiger partial charge on any atom is 0.166 e. The van der Waals surface area contributed by atoms with Gasteiger partial charge in [-0.1, -0.05) is 19.1 Å². The molecular weight excluding hydrogens is 288 g/mol. The van der Waals surface area contributed by atoms with E-state index in [0.29, 0.717) is 17.9 Å². The molecule has 1 unspecified atom stereocenters. The zero-order chi connectivity index (χ0) is 16.0. The van der Waals surface area contributed by atoms with Gasteiger partial charge in [-0.3, -0.25) is 9.69 Å². The van der Waals surface area contributed by atoms with Gasteiger partial charge in [0, 0.05) is 36.0 Å². The fourth-order valence-electron chi connectivity index (χ4n) is 4.79. The number of rotatable bonds is 4. The number of aromatic amines is 1. The number of aldehydes is 1. The lowest BCUT2D eigenvalue weighted by atomic mass is 9.72. The number of nitrogens with one attached hydrogen (secondary N) is 1. The molecule has 1 aliphatic heterocycles. The number of piperidine rings is 1. The molecule has 4 nitrogen and oxygen atoms in total. The van der Waals surface area contributed by atoms with Gasteiger partial charge in [-0.15, -0.1) is 0 Å². The monoisotopic (exact) mass is 312 g/mol. The van der Waals surface area contributed by atoms with Gasteiger partial charge in [0.2, 0.25) is 0 Å². The number of carbonyl (C=O) groups is 1. The highest BCUT2D eigenvalue weighted by molar-refractivity contribution is 5.95. The second-order valence-corrected chi connectivity index (χ2v) is 7.06.